The average Bonchev–Trinajstić information content (AvgIpc) is 2.98. The molecule has 6 nitrogen and oxygen atoms in total. The summed E-state index contributed by atoms with van der Waals surface area (Å²) in [4.78, 5) is 38.8. The number of hydrogen-bond donors (Lipinski definition) is 1. The van der Waals surface area contributed by atoms with E-state index in [1.54, 1.807) is 24.0 Å². The van der Waals surface area contributed by atoms with Crippen molar-refractivity contribution in [3.8, 4) is 5.69 Å². The fourth-order valence-electron chi connectivity index (χ4n) is 3.75. The molecule has 2 heterocycles. The molecule has 1 aliphatic heterocycles. The first-order valence-corrected chi connectivity index (χ1v) is 11.3. The first-order chi connectivity index (χ1) is 14.6. The fourth-order valence-corrected chi connectivity index (χ4v) is 4.82. The molecule has 1 N–H and O–H groups in total. The summed E-state index contributed by atoms with van der Waals surface area (Å²) in [5, 5.41) is 2.81. The van der Waals surface area contributed by atoms with Crippen LogP contribution in [0.4, 0.5) is 4.39 Å². The molecule has 0 bridgehead atoms. The molecule has 1 atom stereocenters. The van der Waals surface area contributed by atoms with E-state index in [-0.39, 0.29) is 41.5 Å². The topological polar surface area (TPSA) is 71.4 Å². The summed E-state index contributed by atoms with van der Waals surface area (Å²) in [6.45, 7) is 9.92. The van der Waals surface area contributed by atoms with Crippen molar-refractivity contribution in [2.45, 2.75) is 46.5 Å². The van der Waals surface area contributed by atoms with Gasteiger partial charge in [-0.05, 0) is 50.5 Å². The number of Topliss-reactive ketones (excluding diaryl/α,β-unsaturated/α-hetero) is 1. The summed E-state index contributed by atoms with van der Waals surface area (Å²) >= 11 is 1.24. The van der Waals surface area contributed by atoms with E-state index in [2.05, 4.69) is 5.32 Å². The van der Waals surface area contributed by atoms with Gasteiger partial charge in [0.05, 0.1) is 5.75 Å². The number of thioether (sulfide) groups is 1. The summed E-state index contributed by atoms with van der Waals surface area (Å²) in [6.07, 6.45) is -0.161. The maximum Gasteiger partial charge on any atom is 0.234 e. The molecule has 0 radical (unpaired) electrons. The van der Waals surface area contributed by atoms with E-state index in [9.17, 15) is 18.8 Å². The SMILES string of the molecule is Cc1ccc(-n2c(C)cc(C(=O)CSC3NC(=O)CC(=O)N3CC(C)C)c2C)cc1F. The van der Waals surface area contributed by atoms with Crippen LogP contribution in [0.25, 0.3) is 5.69 Å². The van der Waals surface area contributed by atoms with Crippen LogP contribution >= 0.6 is 11.8 Å². The third-order valence-electron chi connectivity index (χ3n) is 5.28. The van der Waals surface area contributed by atoms with Gasteiger partial charge in [-0.3, -0.25) is 14.4 Å². The number of aromatic nitrogens is 1. The first kappa shape index (κ1) is 23.1. The molecule has 3 rings (SSSR count). The lowest BCUT2D eigenvalue weighted by atomic mass is 10.2. The van der Waals surface area contributed by atoms with Crippen LogP contribution in [0, 0.1) is 32.5 Å². The lowest BCUT2D eigenvalue weighted by Gasteiger charge is -2.36. The van der Waals surface area contributed by atoms with Crippen LogP contribution < -0.4 is 5.32 Å². The van der Waals surface area contributed by atoms with Crippen molar-refractivity contribution >= 4 is 29.4 Å². The number of nitrogens with one attached hydrogen (secondary N) is 1. The molecule has 0 aliphatic carbocycles. The number of amides is 2. The third-order valence-corrected chi connectivity index (χ3v) is 6.40. The quantitative estimate of drug-likeness (QED) is 0.521. The number of aryl methyl sites for hydroxylation is 2. The molecule has 2 amide bonds. The van der Waals surface area contributed by atoms with Crippen molar-refractivity contribution < 1.29 is 18.8 Å². The van der Waals surface area contributed by atoms with Crippen molar-refractivity contribution in [2.24, 2.45) is 5.92 Å². The molecule has 1 saturated heterocycles. The lowest BCUT2D eigenvalue weighted by Crippen LogP contribution is -2.56. The Morgan fingerprint density at radius 2 is 1.94 bits per heavy atom. The van der Waals surface area contributed by atoms with Gasteiger partial charge in [0, 0.05) is 29.2 Å². The van der Waals surface area contributed by atoms with Gasteiger partial charge < -0.3 is 14.8 Å². The lowest BCUT2D eigenvalue weighted by molar-refractivity contribution is -0.142. The molecule has 2 aromatic rings. The Labute approximate surface area is 186 Å². The van der Waals surface area contributed by atoms with Gasteiger partial charge >= 0.3 is 0 Å². The normalized spacial score (nSPS) is 16.7. The molecule has 0 spiro atoms. The second-order valence-corrected chi connectivity index (χ2v) is 9.39. The maximum atomic E-state index is 14.1. The number of carbonyl (C=O) groups is 3. The van der Waals surface area contributed by atoms with E-state index >= 15 is 0 Å². The van der Waals surface area contributed by atoms with Gasteiger partial charge in [0.25, 0.3) is 0 Å². The molecule has 8 heteroatoms. The Morgan fingerprint density at radius 3 is 2.58 bits per heavy atom. The van der Waals surface area contributed by atoms with E-state index in [1.165, 1.54) is 17.8 Å². The van der Waals surface area contributed by atoms with E-state index in [1.807, 2.05) is 38.3 Å². The standard InChI is InChI=1S/C23H28FN3O3S/c1-13(2)11-26-22(30)10-21(29)25-23(26)31-12-20(28)18-8-15(4)27(16(18)5)17-7-6-14(3)19(24)9-17/h6-9,13,23H,10-12H2,1-5H3,(H,25,29). The van der Waals surface area contributed by atoms with Gasteiger partial charge in [0.2, 0.25) is 11.8 Å². The molecular weight excluding hydrogens is 417 g/mol. The Bertz CT molecular complexity index is 1030. The molecule has 1 aromatic heterocycles. The highest BCUT2D eigenvalue weighted by atomic mass is 32.2. The van der Waals surface area contributed by atoms with E-state index in [4.69, 9.17) is 0 Å². The number of hydrogen-bond acceptors (Lipinski definition) is 4. The third kappa shape index (κ3) is 5.01. The smallest absolute Gasteiger partial charge is 0.234 e. The number of halogens is 1. The van der Waals surface area contributed by atoms with Crippen molar-refractivity contribution in [3.05, 3.63) is 52.6 Å². The van der Waals surface area contributed by atoms with Crippen LogP contribution in [0.3, 0.4) is 0 Å². The molecule has 1 unspecified atom stereocenters. The zero-order chi connectivity index (χ0) is 22.9. The van der Waals surface area contributed by atoms with E-state index in [0.29, 0.717) is 23.4 Å². The van der Waals surface area contributed by atoms with Crippen LogP contribution in [-0.2, 0) is 9.59 Å². The van der Waals surface area contributed by atoms with Gasteiger partial charge in [-0.15, -0.1) is 11.8 Å². The monoisotopic (exact) mass is 445 g/mol. The molecule has 166 valence electrons. The minimum Gasteiger partial charge on any atom is -0.327 e. The number of ketones is 1. The molecule has 1 fully saturated rings. The van der Waals surface area contributed by atoms with Gasteiger partial charge in [-0.2, -0.15) is 0 Å². The van der Waals surface area contributed by atoms with Crippen molar-refractivity contribution in [3.63, 3.8) is 0 Å². The number of rotatable bonds is 7. The molecule has 1 aliphatic rings. The largest absolute Gasteiger partial charge is 0.327 e. The van der Waals surface area contributed by atoms with Crippen LogP contribution in [0.2, 0.25) is 0 Å². The molecular formula is C23H28FN3O3S. The minimum absolute atomic E-state index is 0.103. The summed E-state index contributed by atoms with van der Waals surface area (Å²) in [5.74, 6) is -0.590. The van der Waals surface area contributed by atoms with Crippen LogP contribution in [0.5, 0.6) is 0 Å². The summed E-state index contributed by atoms with van der Waals surface area (Å²) in [5.41, 5.74) is 2.78. The van der Waals surface area contributed by atoms with Crippen molar-refractivity contribution in [2.75, 3.05) is 12.3 Å². The Balaban J connectivity index is 1.78. The number of carbonyl (C=O) groups excluding carboxylic acids is 3. The summed E-state index contributed by atoms with van der Waals surface area (Å²) < 4.78 is 15.9. The Hall–Kier alpha value is -2.61. The predicted octanol–water partition coefficient (Wildman–Crippen LogP) is 3.75. The van der Waals surface area contributed by atoms with Crippen molar-refractivity contribution in [1.82, 2.24) is 14.8 Å². The highest BCUT2D eigenvalue weighted by Crippen LogP contribution is 2.26. The first-order valence-electron chi connectivity index (χ1n) is 10.3. The minimum atomic E-state index is -0.560. The second-order valence-electron chi connectivity index (χ2n) is 8.32. The van der Waals surface area contributed by atoms with E-state index in [0.717, 1.165) is 11.4 Å². The van der Waals surface area contributed by atoms with Gasteiger partial charge in [-0.25, -0.2) is 4.39 Å². The van der Waals surface area contributed by atoms with Crippen LogP contribution in [0.15, 0.2) is 24.3 Å². The molecule has 31 heavy (non-hydrogen) atoms. The summed E-state index contributed by atoms with van der Waals surface area (Å²) in [6, 6.07) is 6.80. The van der Waals surface area contributed by atoms with Gasteiger partial charge in [-0.1, -0.05) is 19.9 Å². The zero-order valence-electron chi connectivity index (χ0n) is 18.5. The number of nitrogens with zero attached hydrogens (tertiary/aromatic N) is 2. The predicted molar refractivity (Wildman–Crippen MR) is 120 cm³/mol. The zero-order valence-corrected chi connectivity index (χ0v) is 19.3. The van der Waals surface area contributed by atoms with Crippen LogP contribution in [0.1, 0.15) is 47.6 Å². The van der Waals surface area contributed by atoms with Crippen LogP contribution in [-0.4, -0.2) is 44.9 Å². The Kier molecular flexibility index (Phi) is 6.89. The summed E-state index contributed by atoms with van der Waals surface area (Å²) in [7, 11) is 0. The highest BCUT2D eigenvalue weighted by Gasteiger charge is 2.33. The van der Waals surface area contributed by atoms with E-state index < -0.39 is 5.50 Å². The molecule has 1 aromatic carbocycles. The molecule has 0 saturated carbocycles. The Morgan fingerprint density at radius 1 is 1.23 bits per heavy atom. The second kappa shape index (κ2) is 9.26. The number of benzene rings is 1. The van der Waals surface area contributed by atoms with Gasteiger partial charge in [0.1, 0.15) is 12.2 Å². The highest BCUT2D eigenvalue weighted by molar-refractivity contribution is 8.00. The van der Waals surface area contributed by atoms with Gasteiger partial charge in [0.15, 0.2) is 11.3 Å². The fraction of sp³-hybridized carbons (Fsp3) is 0.435. The average molecular weight is 446 g/mol. The van der Waals surface area contributed by atoms with Crippen molar-refractivity contribution in [1.29, 1.82) is 0 Å². The maximum absolute atomic E-state index is 14.1.